The van der Waals surface area contributed by atoms with Gasteiger partial charge in [-0.25, -0.2) is 17.9 Å². The Labute approximate surface area is 188 Å². The SMILES string of the molecule is C=C1C(=O)O[C@H]2[C@H]1CC/C(CNS(=O)(=O)c1ccc3ccccc3c1)=C\CC[C@@]1(C)O[C@@H]21. The van der Waals surface area contributed by atoms with E-state index in [1.807, 2.05) is 37.3 Å². The van der Waals surface area contributed by atoms with Crippen molar-refractivity contribution in [3.8, 4) is 0 Å². The number of nitrogens with one attached hydrogen (secondary N) is 1. The second-order valence-electron chi connectivity index (χ2n) is 9.13. The predicted molar refractivity (Wildman–Crippen MR) is 121 cm³/mol. The summed E-state index contributed by atoms with van der Waals surface area (Å²) in [4.78, 5) is 12.4. The lowest BCUT2D eigenvalue weighted by Gasteiger charge is -2.20. The summed E-state index contributed by atoms with van der Waals surface area (Å²) in [7, 11) is -3.65. The zero-order chi connectivity index (χ0) is 22.5. The summed E-state index contributed by atoms with van der Waals surface area (Å²) in [5, 5.41) is 1.88. The maximum atomic E-state index is 12.9. The van der Waals surface area contributed by atoms with Crippen LogP contribution in [0.1, 0.15) is 32.6 Å². The number of benzene rings is 2. The van der Waals surface area contributed by atoms with E-state index in [0.717, 1.165) is 29.2 Å². The Morgan fingerprint density at radius 3 is 2.78 bits per heavy atom. The van der Waals surface area contributed by atoms with Gasteiger partial charge in [0.25, 0.3) is 0 Å². The zero-order valence-corrected chi connectivity index (χ0v) is 18.9. The molecule has 1 aliphatic carbocycles. The van der Waals surface area contributed by atoms with Crippen molar-refractivity contribution in [1.29, 1.82) is 0 Å². The summed E-state index contributed by atoms with van der Waals surface area (Å²) in [5.74, 6) is -0.451. The maximum absolute atomic E-state index is 12.9. The van der Waals surface area contributed by atoms with Crippen LogP contribution in [0.2, 0.25) is 0 Å². The van der Waals surface area contributed by atoms with Gasteiger partial charge in [0.15, 0.2) is 0 Å². The third-order valence-corrected chi connectivity index (χ3v) is 8.36. The Kier molecular flexibility index (Phi) is 5.23. The summed E-state index contributed by atoms with van der Waals surface area (Å²) < 4.78 is 40.2. The van der Waals surface area contributed by atoms with Gasteiger partial charge in [-0.3, -0.25) is 0 Å². The molecule has 0 unspecified atom stereocenters. The van der Waals surface area contributed by atoms with Crippen molar-refractivity contribution in [3.05, 3.63) is 66.3 Å². The van der Waals surface area contributed by atoms with Crippen molar-refractivity contribution in [2.75, 3.05) is 6.54 Å². The van der Waals surface area contributed by atoms with Crippen LogP contribution in [0, 0.1) is 5.92 Å². The van der Waals surface area contributed by atoms with Crippen LogP contribution in [0.5, 0.6) is 0 Å². The van der Waals surface area contributed by atoms with E-state index >= 15 is 0 Å². The van der Waals surface area contributed by atoms with Crippen molar-refractivity contribution in [1.82, 2.24) is 4.72 Å². The summed E-state index contributed by atoms with van der Waals surface area (Å²) >= 11 is 0. The first-order valence-electron chi connectivity index (χ1n) is 11.0. The molecule has 0 bridgehead atoms. The highest BCUT2D eigenvalue weighted by Crippen LogP contribution is 2.49. The van der Waals surface area contributed by atoms with Gasteiger partial charge in [-0.2, -0.15) is 0 Å². The highest BCUT2D eigenvalue weighted by molar-refractivity contribution is 7.89. The van der Waals surface area contributed by atoms with Crippen molar-refractivity contribution in [3.63, 3.8) is 0 Å². The first kappa shape index (κ1) is 21.4. The number of fused-ring (bicyclic) bond motifs is 4. The first-order valence-corrected chi connectivity index (χ1v) is 12.5. The fourth-order valence-corrected chi connectivity index (χ4v) is 5.96. The van der Waals surface area contributed by atoms with Crippen molar-refractivity contribution in [2.24, 2.45) is 5.92 Å². The average molecular weight is 454 g/mol. The first-order chi connectivity index (χ1) is 15.3. The van der Waals surface area contributed by atoms with Crippen LogP contribution < -0.4 is 4.72 Å². The van der Waals surface area contributed by atoms with Crippen LogP contribution in [0.3, 0.4) is 0 Å². The molecule has 6 nitrogen and oxygen atoms in total. The second-order valence-corrected chi connectivity index (χ2v) is 10.9. The molecule has 5 rings (SSSR count). The molecule has 2 aromatic carbocycles. The van der Waals surface area contributed by atoms with Gasteiger partial charge >= 0.3 is 5.97 Å². The third kappa shape index (κ3) is 3.89. The van der Waals surface area contributed by atoms with E-state index in [2.05, 4.69) is 17.4 Å². The lowest BCUT2D eigenvalue weighted by Crippen LogP contribution is -2.30. The fourth-order valence-electron chi connectivity index (χ4n) is 4.89. The minimum Gasteiger partial charge on any atom is -0.455 e. The van der Waals surface area contributed by atoms with Gasteiger partial charge in [0, 0.05) is 18.0 Å². The standard InChI is InChI=1S/C25H27NO5S/c1-16-21-12-9-17(6-5-13-25(2)23(31-25)22(21)30-24(16)27)15-26-32(28,29)20-11-10-18-7-3-4-8-19(18)14-20/h3-4,6-8,10-11,14,21-23,26H,1,5,9,12-13,15H2,2H3/b17-6+/t21-,22-,23-,25+/m0/s1. The highest BCUT2D eigenvalue weighted by Gasteiger charge is 2.61. The van der Waals surface area contributed by atoms with Gasteiger partial charge in [0.05, 0.1) is 10.5 Å². The highest BCUT2D eigenvalue weighted by atomic mass is 32.2. The number of hydrogen-bond donors (Lipinski definition) is 1. The van der Waals surface area contributed by atoms with Crippen molar-refractivity contribution >= 4 is 26.8 Å². The monoisotopic (exact) mass is 453 g/mol. The molecule has 2 fully saturated rings. The minimum absolute atomic E-state index is 0.0861. The van der Waals surface area contributed by atoms with Crippen LogP contribution in [-0.2, 0) is 24.3 Å². The van der Waals surface area contributed by atoms with Gasteiger partial charge < -0.3 is 9.47 Å². The lowest BCUT2D eigenvalue weighted by molar-refractivity contribution is -0.140. The number of carbonyl (C=O) groups excluding carboxylic acids is 1. The molecule has 0 aromatic heterocycles. The average Bonchev–Trinajstić information content (AvgIpc) is 3.37. The normalized spacial score (nSPS) is 31.9. The number of esters is 1. The molecule has 7 heteroatoms. The smallest absolute Gasteiger partial charge is 0.334 e. The molecular formula is C25H27NO5S. The minimum atomic E-state index is -3.65. The zero-order valence-electron chi connectivity index (χ0n) is 18.0. The Bertz CT molecular complexity index is 1230. The van der Waals surface area contributed by atoms with E-state index in [-0.39, 0.29) is 41.1 Å². The quantitative estimate of drug-likeness (QED) is 0.329. The number of rotatable bonds is 4. The molecule has 1 N–H and O–H groups in total. The molecule has 2 aromatic rings. The van der Waals surface area contributed by atoms with E-state index in [1.165, 1.54) is 0 Å². The molecule has 168 valence electrons. The maximum Gasteiger partial charge on any atom is 0.334 e. The summed E-state index contributed by atoms with van der Waals surface area (Å²) in [6.07, 6.45) is 4.65. The Morgan fingerprint density at radius 2 is 1.97 bits per heavy atom. The van der Waals surface area contributed by atoms with Gasteiger partial charge in [-0.1, -0.05) is 48.6 Å². The molecule has 0 radical (unpaired) electrons. The number of ether oxygens (including phenoxy) is 2. The largest absolute Gasteiger partial charge is 0.455 e. The van der Waals surface area contributed by atoms with Crippen LogP contribution in [0.25, 0.3) is 10.8 Å². The predicted octanol–water partition coefficient (Wildman–Crippen LogP) is 3.87. The Balaban J connectivity index is 1.32. The van der Waals surface area contributed by atoms with Crippen LogP contribution in [0.15, 0.2) is 71.2 Å². The van der Waals surface area contributed by atoms with Gasteiger partial charge in [-0.15, -0.1) is 0 Å². The summed E-state index contributed by atoms with van der Waals surface area (Å²) in [6, 6.07) is 12.8. The fraction of sp³-hybridized carbons (Fsp3) is 0.400. The number of epoxide rings is 1. The van der Waals surface area contributed by atoms with Gasteiger partial charge in [-0.05, 0) is 55.5 Å². The molecule has 2 aliphatic heterocycles. The molecule has 0 amide bonds. The Morgan fingerprint density at radius 1 is 1.19 bits per heavy atom. The van der Waals surface area contributed by atoms with Crippen molar-refractivity contribution < 1.29 is 22.7 Å². The third-order valence-electron chi connectivity index (χ3n) is 6.96. The molecule has 32 heavy (non-hydrogen) atoms. The second kappa shape index (κ2) is 7.83. The summed E-state index contributed by atoms with van der Waals surface area (Å²) in [5.41, 5.74) is 1.18. The number of allylic oxidation sites excluding steroid dienone is 1. The Hall–Kier alpha value is -2.48. The molecule has 0 spiro atoms. The molecular weight excluding hydrogens is 426 g/mol. The number of hydrogen-bond acceptors (Lipinski definition) is 5. The number of carbonyl (C=O) groups is 1. The molecule has 3 aliphatic rings. The summed E-state index contributed by atoms with van der Waals surface area (Å²) in [6.45, 7) is 6.21. The van der Waals surface area contributed by atoms with Gasteiger partial charge in [0.2, 0.25) is 10.0 Å². The van der Waals surface area contributed by atoms with E-state index < -0.39 is 10.0 Å². The van der Waals surface area contributed by atoms with E-state index in [4.69, 9.17) is 9.47 Å². The van der Waals surface area contributed by atoms with Gasteiger partial charge in [0.1, 0.15) is 12.2 Å². The van der Waals surface area contributed by atoms with E-state index in [9.17, 15) is 13.2 Å². The van der Waals surface area contributed by atoms with Crippen LogP contribution in [0.4, 0.5) is 0 Å². The molecule has 0 saturated carbocycles. The molecule has 2 heterocycles. The molecule has 4 atom stereocenters. The topological polar surface area (TPSA) is 85.0 Å². The molecule has 2 saturated heterocycles. The van der Waals surface area contributed by atoms with E-state index in [0.29, 0.717) is 18.4 Å². The lowest BCUT2D eigenvalue weighted by atomic mass is 9.84. The van der Waals surface area contributed by atoms with Crippen LogP contribution in [-0.4, -0.2) is 38.7 Å². The van der Waals surface area contributed by atoms with E-state index in [1.54, 1.807) is 12.1 Å². The number of sulfonamides is 1. The van der Waals surface area contributed by atoms with Crippen LogP contribution >= 0.6 is 0 Å². The van der Waals surface area contributed by atoms with Crippen molar-refractivity contribution in [2.45, 2.75) is 55.3 Å².